The fourth-order valence-electron chi connectivity index (χ4n) is 2.32. The SMILES string of the molecule is CC1N=C(C(F)F)NN1c1ccc(C2CNC2)cc1. The Kier molecular flexibility index (Phi) is 3.10. The number of benzene rings is 1. The molecule has 2 aliphatic heterocycles. The molecule has 0 aromatic heterocycles. The number of hydrogen-bond acceptors (Lipinski definition) is 4. The van der Waals surface area contributed by atoms with Gasteiger partial charge in [-0.1, -0.05) is 12.1 Å². The third-order valence-corrected chi connectivity index (χ3v) is 3.57. The van der Waals surface area contributed by atoms with E-state index in [0.29, 0.717) is 5.92 Å². The van der Waals surface area contributed by atoms with Crippen LogP contribution in [0.15, 0.2) is 29.3 Å². The second kappa shape index (κ2) is 4.77. The van der Waals surface area contributed by atoms with Gasteiger partial charge in [0.2, 0.25) is 0 Å². The summed E-state index contributed by atoms with van der Waals surface area (Å²) in [6, 6.07) is 7.99. The predicted molar refractivity (Wildman–Crippen MR) is 70.6 cm³/mol. The molecule has 4 nitrogen and oxygen atoms in total. The van der Waals surface area contributed by atoms with Crippen LogP contribution in [0.3, 0.4) is 0 Å². The summed E-state index contributed by atoms with van der Waals surface area (Å²) in [5, 5.41) is 4.89. The van der Waals surface area contributed by atoms with E-state index in [1.165, 1.54) is 5.56 Å². The minimum absolute atomic E-state index is 0.264. The van der Waals surface area contributed by atoms with E-state index < -0.39 is 6.43 Å². The molecular weight excluding hydrogens is 250 g/mol. The van der Waals surface area contributed by atoms with Gasteiger partial charge in [0.25, 0.3) is 6.43 Å². The Hall–Kier alpha value is -1.69. The number of anilines is 1. The number of nitrogens with one attached hydrogen (secondary N) is 2. The predicted octanol–water partition coefficient (Wildman–Crippen LogP) is 1.71. The van der Waals surface area contributed by atoms with Crippen molar-refractivity contribution in [2.45, 2.75) is 25.4 Å². The Morgan fingerprint density at radius 1 is 1.26 bits per heavy atom. The van der Waals surface area contributed by atoms with E-state index in [1.54, 1.807) is 11.9 Å². The molecule has 1 aromatic carbocycles. The zero-order chi connectivity index (χ0) is 13.4. The monoisotopic (exact) mass is 266 g/mol. The minimum Gasteiger partial charge on any atom is -0.315 e. The molecule has 3 rings (SSSR count). The van der Waals surface area contributed by atoms with Crippen LogP contribution < -0.4 is 15.8 Å². The van der Waals surface area contributed by atoms with Gasteiger partial charge in [-0.15, -0.1) is 0 Å². The Balaban J connectivity index is 1.73. The lowest BCUT2D eigenvalue weighted by molar-refractivity contribution is 0.222. The van der Waals surface area contributed by atoms with E-state index in [0.717, 1.165) is 18.8 Å². The van der Waals surface area contributed by atoms with Gasteiger partial charge in [0.05, 0.1) is 5.69 Å². The number of amidine groups is 1. The van der Waals surface area contributed by atoms with Gasteiger partial charge in [0, 0.05) is 19.0 Å². The average Bonchev–Trinajstić information content (AvgIpc) is 2.70. The fourth-order valence-corrected chi connectivity index (χ4v) is 2.32. The number of halogens is 2. The van der Waals surface area contributed by atoms with E-state index in [-0.39, 0.29) is 12.0 Å². The number of hydrazine groups is 1. The molecule has 102 valence electrons. The maximum absolute atomic E-state index is 12.6. The molecule has 0 amide bonds. The largest absolute Gasteiger partial charge is 0.315 e. The van der Waals surface area contributed by atoms with E-state index in [9.17, 15) is 8.78 Å². The van der Waals surface area contributed by atoms with Crippen molar-refractivity contribution in [3.05, 3.63) is 29.8 Å². The molecule has 19 heavy (non-hydrogen) atoms. The van der Waals surface area contributed by atoms with E-state index in [1.807, 2.05) is 12.1 Å². The quantitative estimate of drug-likeness (QED) is 0.875. The summed E-state index contributed by atoms with van der Waals surface area (Å²) in [5.41, 5.74) is 4.79. The summed E-state index contributed by atoms with van der Waals surface area (Å²) in [6.45, 7) is 3.80. The molecule has 1 atom stereocenters. The maximum atomic E-state index is 12.6. The summed E-state index contributed by atoms with van der Waals surface area (Å²) in [6.07, 6.45) is -2.88. The van der Waals surface area contributed by atoms with Gasteiger partial charge in [0.15, 0.2) is 5.84 Å². The Bertz CT molecular complexity index is 482. The molecule has 1 unspecified atom stereocenters. The van der Waals surface area contributed by atoms with Gasteiger partial charge in [-0.25, -0.2) is 13.8 Å². The molecule has 0 saturated carbocycles. The normalized spacial score (nSPS) is 23.3. The number of nitrogens with zero attached hydrogens (tertiary/aromatic N) is 2. The number of hydrogen-bond donors (Lipinski definition) is 2. The van der Waals surface area contributed by atoms with Gasteiger partial charge >= 0.3 is 0 Å². The van der Waals surface area contributed by atoms with Gasteiger partial charge < -0.3 is 5.32 Å². The van der Waals surface area contributed by atoms with Gasteiger partial charge in [-0.05, 0) is 24.6 Å². The molecule has 6 heteroatoms. The molecule has 0 radical (unpaired) electrons. The first-order valence-electron chi connectivity index (χ1n) is 6.37. The lowest BCUT2D eigenvalue weighted by Crippen LogP contribution is -2.42. The average molecular weight is 266 g/mol. The first-order valence-corrected chi connectivity index (χ1v) is 6.37. The van der Waals surface area contributed by atoms with Crippen LogP contribution in [0.1, 0.15) is 18.4 Å². The minimum atomic E-state index is -2.56. The fraction of sp³-hybridized carbons (Fsp3) is 0.462. The van der Waals surface area contributed by atoms with Crippen molar-refractivity contribution in [3.63, 3.8) is 0 Å². The summed E-state index contributed by atoms with van der Waals surface area (Å²) in [7, 11) is 0. The Labute approximate surface area is 110 Å². The summed E-state index contributed by atoms with van der Waals surface area (Å²) in [5.74, 6) is 0.311. The van der Waals surface area contributed by atoms with Crippen LogP contribution >= 0.6 is 0 Å². The standard InChI is InChI=1S/C13H16F2N4/c1-8-17-13(12(14)15)18-19(8)11-4-2-9(3-5-11)10-6-16-7-10/h2-5,8,10,12,16H,6-7H2,1H3,(H,17,18). The van der Waals surface area contributed by atoms with Crippen LogP contribution in [0.4, 0.5) is 14.5 Å². The maximum Gasteiger partial charge on any atom is 0.296 e. The van der Waals surface area contributed by atoms with E-state index in [2.05, 4.69) is 27.9 Å². The lowest BCUT2D eigenvalue weighted by atomic mass is 9.94. The highest BCUT2D eigenvalue weighted by molar-refractivity contribution is 5.89. The second-order valence-electron chi connectivity index (χ2n) is 4.88. The number of aliphatic imine (C=N–C) groups is 1. The summed E-state index contributed by atoms with van der Waals surface area (Å²) < 4.78 is 25.2. The highest BCUT2D eigenvalue weighted by atomic mass is 19.3. The summed E-state index contributed by atoms with van der Waals surface area (Å²) in [4.78, 5) is 3.90. The molecular formula is C13H16F2N4. The zero-order valence-electron chi connectivity index (χ0n) is 10.6. The molecule has 1 saturated heterocycles. The highest BCUT2D eigenvalue weighted by Crippen LogP contribution is 2.25. The van der Waals surface area contributed by atoms with Crippen molar-refractivity contribution in [3.8, 4) is 0 Å². The second-order valence-corrected chi connectivity index (χ2v) is 4.88. The van der Waals surface area contributed by atoms with Crippen LogP contribution in [0.2, 0.25) is 0 Å². The smallest absolute Gasteiger partial charge is 0.296 e. The zero-order valence-corrected chi connectivity index (χ0v) is 10.6. The van der Waals surface area contributed by atoms with Gasteiger partial charge in [-0.2, -0.15) is 0 Å². The van der Waals surface area contributed by atoms with Gasteiger partial charge in [-0.3, -0.25) is 10.4 Å². The summed E-state index contributed by atoms with van der Waals surface area (Å²) >= 11 is 0. The molecule has 2 aliphatic rings. The molecule has 2 heterocycles. The third kappa shape index (κ3) is 2.28. The first-order chi connectivity index (χ1) is 9.15. The highest BCUT2D eigenvalue weighted by Gasteiger charge is 2.28. The molecule has 0 spiro atoms. The third-order valence-electron chi connectivity index (χ3n) is 3.57. The van der Waals surface area contributed by atoms with E-state index in [4.69, 9.17) is 0 Å². The molecule has 0 aliphatic carbocycles. The van der Waals surface area contributed by atoms with Crippen LogP contribution in [-0.4, -0.2) is 31.5 Å². The van der Waals surface area contributed by atoms with Crippen LogP contribution in [-0.2, 0) is 0 Å². The Morgan fingerprint density at radius 2 is 1.95 bits per heavy atom. The van der Waals surface area contributed by atoms with Crippen molar-refractivity contribution in [1.29, 1.82) is 0 Å². The topological polar surface area (TPSA) is 39.7 Å². The van der Waals surface area contributed by atoms with Crippen LogP contribution in [0.5, 0.6) is 0 Å². The first kappa shape index (κ1) is 12.3. The van der Waals surface area contributed by atoms with Crippen LogP contribution in [0.25, 0.3) is 0 Å². The number of rotatable bonds is 3. The molecule has 0 bridgehead atoms. The lowest BCUT2D eigenvalue weighted by Gasteiger charge is -2.28. The van der Waals surface area contributed by atoms with E-state index >= 15 is 0 Å². The van der Waals surface area contributed by atoms with Crippen molar-refractivity contribution in [1.82, 2.24) is 10.7 Å². The molecule has 1 fully saturated rings. The van der Waals surface area contributed by atoms with Crippen molar-refractivity contribution < 1.29 is 8.78 Å². The molecule has 1 aromatic rings. The molecule has 2 N–H and O–H groups in total. The van der Waals surface area contributed by atoms with Crippen molar-refractivity contribution in [2.75, 3.05) is 18.1 Å². The number of alkyl halides is 2. The van der Waals surface area contributed by atoms with Crippen molar-refractivity contribution in [2.24, 2.45) is 4.99 Å². The Morgan fingerprint density at radius 3 is 2.42 bits per heavy atom. The van der Waals surface area contributed by atoms with Crippen LogP contribution in [0, 0.1) is 0 Å². The van der Waals surface area contributed by atoms with Crippen molar-refractivity contribution >= 4 is 11.5 Å². The van der Waals surface area contributed by atoms with Gasteiger partial charge in [0.1, 0.15) is 6.17 Å².